The number of hydrogen-bond donors (Lipinski definition) is 1. The molecule has 102 valence electrons. The number of nitrogens with two attached hydrogens (primary N) is 1. The number of hydrogen-bond acceptors (Lipinski definition) is 4. The van der Waals surface area contributed by atoms with Crippen LogP contribution in [0.1, 0.15) is 33.1 Å². The van der Waals surface area contributed by atoms with E-state index in [1.165, 1.54) is 37.3 Å². The van der Waals surface area contributed by atoms with Crippen molar-refractivity contribution in [3.05, 3.63) is 0 Å². The maximum absolute atomic E-state index is 5.92. The summed E-state index contributed by atoms with van der Waals surface area (Å²) < 4.78 is 5.64. The monoisotopic (exact) mass is 260 g/mol. The Balaban J connectivity index is 2.44. The zero-order valence-corrected chi connectivity index (χ0v) is 12.4. The molecule has 0 aromatic carbocycles. The molecule has 1 heterocycles. The summed E-state index contributed by atoms with van der Waals surface area (Å²) in [6.07, 6.45) is 3.59. The van der Waals surface area contributed by atoms with Gasteiger partial charge in [-0.05, 0) is 44.2 Å². The van der Waals surface area contributed by atoms with E-state index in [-0.39, 0.29) is 5.60 Å². The predicted molar refractivity (Wildman–Crippen MR) is 76.7 cm³/mol. The van der Waals surface area contributed by atoms with Gasteiger partial charge in [-0.3, -0.25) is 4.90 Å². The Morgan fingerprint density at radius 1 is 1.53 bits per heavy atom. The van der Waals surface area contributed by atoms with Crippen molar-refractivity contribution in [3.63, 3.8) is 0 Å². The van der Waals surface area contributed by atoms with Crippen LogP contribution in [-0.4, -0.2) is 54.8 Å². The van der Waals surface area contributed by atoms with Crippen LogP contribution in [0, 0.1) is 0 Å². The third-order valence-electron chi connectivity index (χ3n) is 3.77. The first-order valence-electron chi connectivity index (χ1n) is 6.72. The molecule has 0 bridgehead atoms. The van der Waals surface area contributed by atoms with Crippen LogP contribution in [-0.2, 0) is 4.74 Å². The van der Waals surface area contributed by atoms with Crippen LogP contribution in [0.4, 0.5) is 0 Å². The van der Waals surface area contributed by atoms with Crippen LogP contribution >= 0.6 is 11.8 Å². The summed E-state index contributed by atoms with van der Waals surface area (Å²) in [5.74, 6) is 2.42. The van der Waals surface area contributed by atoms with Gasteiger partial charge < -0.3 is 10.5 Å². The highest BCUT2D eigenvalue weighted by Crippen LogP contribution is 2.26. The lowest BCUT2D eigenvalue weighted by Crippen LogP contribution is -2.53. The van der Waals surface area contributed by atoms with Gasteiger partial charge in [0.15, 0.2) is 0 Å². The van der Waals surface area contributed by atoms with Crippen LogP contribution in [0.5, 0.6) is 0 Å². The highest BCUT2D eigenvalue weighted by molar-refractivity contribution is 7.99. The molecule has 0 saturated carbocycles. The summed E-state index contributed by atoms with van der Waals surface area (Å²) in [5.41, 5.74) is 5.96. The molecule has 2 atom stereocenters. The van der Waals surface area contributed by atoms with Gasteiger partial charge in [-0.25, -0.2) is 0 Å². The lowest BCUT2D eigenvalue weighted by Gasteiger charge is -2.43. The van der Waals surface area contributed by atoms with Crippen LogP contribution < -0.4 is 5.73 Å². The summed E-state index contributed by atoms with van der Waals surface area (Å²) in [6, 6.07) is 0.531. The molecule has 1 fully saturated rings. The topological polar surface area (TPSA) is 38.5 Å². The lowest BCUT2D eigenvalue weighted by atomic mass is 9.93. The first-order chi connectivity index (χ1) is 8.15. The number of methoxy groups -OCH3 is 1. The van der Waals surface area contributed by atoms with Gasteiger partial charge >= 0.3 is 0 Å². The Morgan fingerprint density at radius 2 is 2.29 bits per heavy atom. The molecule has 0 amide bonds. The van der Waals surface area contributed by atoms with Gasteiger partial charge in [0, 0.05) is 26.2 Å². The molecule has 17 heavy (non-hydrogen) atoms. The fourth-order valence-corrected chi connectivity index (χ4v) is 3.26. The second-order valence-electron chi connectivity index (χ2n) is 5.10. The normalized spacial score (nSPS) is 28.2. The Kier molecular flexibility index (Phi) is 6.85. The maximum Gasteiger partial charge on any atom is 0.0777 e. The molecule has 0 spiro atoms. The Labute approximate surface area is 110 Å². The largest absolute Gasteiger partial charge is 0.377 e. The minimum absolute atomic E-state index is 0.0313. The zero-order chi connectivity index (χ0) is 12.7. The van der Waals surface area contributed by atoms with Crippen molar-refractivity contribution >= 4 is 11.8 Å². The van der Waals surface area contributed by atoms with Crippen molar-refractivity contribution in [2.24, 2.45) is 5.73 Å². The summed E-state index contributed by atoms with van der Waals surface area (Å²) in [7, 11) is 1.83. The smallest absolute Gasteiger partial charge is 0.0777 e. The molecule has 2 unspecified atom stereocenters. The third-order valence-corrected chi connectivity index (χ3v) is 4.70. The third kappa shape index (κ3) is 4.78. The Hall–Kier alpha value is 0.230. The van der Waals surface area contributed by atoms with Gasteiger partial charge in [-0.2, -0.15) is 11.8 Å². The van der Waals surface area contributed by atoms with E-state index >= 15 is 0 Å². The summed E-state index contributed by atoms with van der Waals surface area (Å²) in [5, 5.41) is 0. The van der Waals surface area contributed by atoms with E-state index in [4.69, 9.17) is 10.5 Å². The maximum atomic E-state index is 5.92. The molecule has 1 aliphatic heterocycles. The van der Waals surface area contributed by atoms with Crippen molar-refractivity contribution in [1.82, 2.24) is 4.90 Å². The molecule has 1 aliphatic rings. The highest BCUT2D eigenvalue weighted by atomic mass is 32.2. The van der Waals surface area contributed by atoms with Crippen molar-refractivity contribution in [2.75, 3.05) is 38.2 Å². The number of likely N-dealkylation sites (tertiary alicyclic amines) is 1. The van der Waals surface area contributed by atoms with Crippen LogP contribution in [0.3, 0.4) is 0 Å². The van der Waals surface area contributed by atoms with Gasteiger partial charge in [0.2, 0.25) is 0 Å². The van der Waals surface area contributed by atoms with Crippen LogP contribution in [0.25, 0.3) is 0 Å². The standard InChI is InChI=1S/C13H28N2OS/c1-4-17-9-6-12(10-14)15-8-5-7-13(2,11-15)16-3/h12H,4-11,14H2,1-3H3. The molecule has 0 aromatic heterocycles. The second-order valence-corrected chi connectivity index (χ2v) is 6.50. The zero-order valence-electron chi connectivity index (χ0n) is 11.6. The van der Waals surface area contributed by atoms with Crippen molar-refractivity contribution in [2.45, 2.75) is 44.8 Å². The molecule has 3 nitrogen and oxygen atoms in total. The van der Waals surface area contributed by atoms with Gasteiger partial charge in [0.1, 0.15) is 0 Å². The molecule has 2 N–H and O–H groups in total. The molecule has 4 heteroatoms. The SMILES string of the molecule is CCSCCC(CN)N1CCCC(C)(OC)C1. The van der Waals surface area contributed by atoms with Gasteiger partial charge in [0.25, 0.3) is 0 Å². The summed E-state index contributed by atoms with van der Waals surface area (Å²) in [6.45, 7) is 7.41. The van der Waals surface area contributed by atoms with E-state index in [2.05, 4.69) is 18.7 Å². The number of thioether (sulfide) groups is 1. The van der Waals surface area contributed by atoms with Crippen molar-refractivity contribution < 1.29 is 4.74 Å². The van der Waals surface area contributed by atoms with E-state index in [0.29, 0.717) is 6.04 Å². The first-order valence-corrected chi connectivity index (χ1v) is 7.87. The minimum Gasteiger partial charge on any atom is -0.377 e. The highest BCUT2D eigenvalue weighted by Gasteiger charge is 2.33. The van der Waals surface area contributed by atoms with Crippen molar-refractivity contribution in [1.29, 1.82) is 0 Å². The molecular weight excluding hydrogens is 232 g/mol. The minimum atomic E-state index is 0.0313. The molecule has 1 rings (SSSR count). The number of rotatable bonds is 7. The predicted octanol–water partition coefficient (Wildman–Crippen LogP) is 1.96. The fraction of sp³-hybridized carbons (Fsp3) is 1.00. The Morgan fingerprint density at radius 3 is 2.88 bits per heavy atom. The molecular formula is C13H28N2OS. The van der Waals surface area contributed by atoms with Gasteiger partial charge in [-0.15, -0.1) is 0 Å². The van der Waals surface area contributed by atoms with Gasteiger partial charge in [-0.1, -0.05) is 6.92 Å². The molecule has 0 aliphatic carbocycles. The molecule has 0 radical (unpaired) electrons. The average Bonchev–Trinajstić information content (AvgIpc) is 2.35. The molecule has 0 aromatic rings. The van der Waals surface area contributed by atoms with E-state index < -0.39 is 0 Å². The van der Waals surface area contributed by atoms with E-state index in [0.717, 1.165) is 13.1 Å². The number of ether oxygens (including phenoxy) is 1. The number of piperidine rings is 1. The van der Waals surface area contributed by atoms with Gasteiger partial charge in [0.05, 0.1) is 5.60 Å². The molecule has 1 saturated heterocycles. The first kappa shape index (κ1) is 15.3. The van der Waals surface area contributed by atoms with Crippen molar-refractivity contribution in [3.8, 4) is 0 Å². The second kappa shape index (κ2) is 7.62. The van der Waals surface area contributed by atoms with Crippen LogP contribution in [0.2, 0.25) is 0 Å². The lowest BCUT2D eigenvalue weighted by molar-refractivity contribution is -0.0605. The average molecular weight is 260 g/mol. The van der Waals surface area contributed by atoms with E-state index in [1.807, 2.05) is 18.9 Å². The Bertz CT molecular complexity index is 216. The van der Waals surface area contributed by atoms with E-state index in [9.17, 15) is 0 Å². The fourth-order valence-electron chi connectivity index (χ4n) is 2.54. The summed E-state index contributed by atoms with van der Waals surface area (Å²) in [4.78, 5) is 2.53. The number of nitrogens with zero attached hydrogens (tertiary/aromatic N) is 1. The quantitative estimate of drug-likeness (QED) is 0.710. The summed E-state index contributed by atoms with van der Waals surface area (Å²) >= 11 is 2.01. The van der Waals surface area contributed by atoms with E-state index in [1.54, 1.807) is 0 Å². The van der Waals surface area contributed by atoms with Crippen LogP contribution in [0.15, 0.2) is 0 Å².